The average Bonchev–Trinajstić information content (AvgIpc) is 2.17. The predicted molar refractivity (Wildman–Crippen MR) is 73.8 cm³/mol. The molecular weight excluding hydrogens is 275 g/mol. The molecule has 1 N–H and O–H groups in total. The highest BCUT2D eigenvalue weighted by Gasteiger charge is 2.16. The van der Waals surface area contributed by atoms with Gasteiger partial charge in [-0.1, -0.05) is 23.2 Å². The van der Waals surface area contributed by atoms with Gasteiger partial charge < -0.3 is 4.74 Å². The van der Waals surface area contributed by atoms with Crippen LogP contribution in [0.3, 0.4) is 0 Å². The fourth-order valence-corrected chi connectivity index (χ4v) is 1.40. The van der Waals surface area contributed by atoms with Gasteiger partial charge in [-0.25, -0.2) is 4.79 Å². The molecule has 0 unspecified atom stereocenters. The van der Waals surface area contributed by atoms with Crippen molar-refractivity contribution >= 4 is 41.1 Å². The summed E-state index contributed by atoms with van der Waals surface area (Å²) in [5.41, 5.74) is 0.568. The molecule has 18 heavy (non-hydrogen) atoms. The maximum Gasteiger partial charge on any atom is 0.412 e. The number of ether oxygens (including phenoxy) is 1. The van der Waals surface area contributed by atoms with E-state index in [0.29, 0.717) is 11.3 Å². The maximum absolute atomic E-state index is 11.6. The van der Waals surface area contributed by atoms with E-state index in [1.165, 1.54) is 12.3 Å². The second-order valence-electron chi connectivity index (χ2n) is 4.52. The molecule has 6 heteroatoms. The number of nitrogens with one attached hydrogen (secondary N) is 1. The van der Waals surface area contributed by atoms with Crippen LogP contribution in [-0.2, 0) is 4.74 Å². The third-order valence-corrected chi connectivity index (χ3v) is 1.97. The van der Waals surface area contributed by atoms with Crippen LogP contribution >= 0.6 is 23.2 Å². The fraction of sp³-hybridized carbons (Fsp3) is 0.333. The predicted octanol–water partition coefficient (Wildman–Crippen LogP) is 4.20. The van der Waals surface area contributed by atoms with Crippen LogP contribution in [0.1, 0.15) is 26.3 Å². The van der Waals surface area contributed by atoms with Crippen LogP contribution in [0.2, 0.25) is 0 Å². The summed E-state index contributed by atoms with van der Waals surface area (Å²) < 4.78 is 5.22. The maximum atomic E-state index is 11.6. The van der Waals surface area contributed by atoms with Crippen LogP contribution in [0, 0.1) is 0 Å². The van der Waals surface area contributed by atoms with Crippen LogP contribution in [-0.4, -0.2) is 16.7 Å². The van der Waals surface area contributed by atoms with Crippen LogP contribution < -0.4 is 5.32 Å². The van der Waals surface area contributed by atoms with Crippen molar-refractivity contribution in [1.82, 2.24) is 4.98 Å². The molecule has 0 saturated heterocycles. The molecule has 1 amide bonds. The molecule has 0 bridgehead atoms. The largest absolute Gasteiger partial charge is 0.444 e. The van der Waals surface area contributed by atoms with E-state index in [-0.39, 0.29) is 4.49 Å². The zero-order valence-electron chi connectivity index (χ0n) is 10.3. The standard InChI is InChI=1S/C12H14Cl2N2O2/c1-12(2,3)18-11(17)16-9-4-5-15-7-8(9)6-10(13)14/h4-7H,1-3H3,(H,15,16,17). The van der Waals surface area contributed by atoms with Gasteiger partial charge in [-0.2, -0.15) is 0 Å². The lowest BCUT2D eigenvalue weighted by Gasteiger charge is -2.20. The number of halogens is 2. The molecule has 1 rings (SSSR count). The van der Waals surface area contributed by atoms with Crippen molar-refractivity contribution in [2.45, 2.75) is 26.4 Å². The molecule has 0 aliphatic rings. The third-order valence-electron chi connectivity index (χ3n) is 1.75. The first kappa shape index (κ1) is 14.8. The summed E-state index contributed by atoms with van der Waals surface area (Å²) in [6.45, 7) is 5.36. The van der Waals surface area contributed by atoms with E-state index in [1.807, 2.05) is 0 Å². The minimum absolute atomic E-state index is 0.0789. The molecular formula is C12H14Cl2N2O2. The highest BCUT2D eigenvalue weighted by atomic mass is 35.5. The number of carbonyl (C=O) groups excluding carboxylic acids is 1. The Balaban J connectivity index is 2.85. The van der Waals surface area contributed by atoms with Gasteiger partial charge in [0.05, 0.1) is 5.69 Å². The summed E-state index contributed by atoms with van der Waals surface area (Å²) in [5, 5.41) is 2.61. The lowest BCUT2D eigenvalue weighted by Crippen LogP contribution is -2.27. The number of carbonyl (C=O) groups is 1. The number of anilines is 1. The molecule has 0 atom stereocenters. The Morgan fingerprint density at radius 3 is 2.67 bits per heavy atom. The summed E-state index contributed by atoms with van der Waals surface area (Å²) >= 11 is 11.2. The lowest BCUT2D eigenvalue weighted by atomic mass is 10.2. The van der Waals surface area contributed by atoms with Crippen molar-refractivity contribution in [3.05, 3.63) is 28.5 Å². The molecule has 0 spiro atoms. The number of aromatic nitrogens is 1. The Kier molecular flexibility index (Phi) is 4.99. The summed E-state index contributed by atoms with van der Waals surface area (Å²) in [6.07, 6.45) is 4.03. The van der Waals surface area contributed by atoms with Crippen molar-refractivity contribution < 1.29 is 9.53 Å². The van der Waals surface area contributed by atoms with E-state index in [9.17, 15) is 4.79 Å². The van der Waals surface area contributed by atoms with Crippen molar-refractivity contribution in [3.8, 4) is 0 Å². The smallest absolute Gasteiger partial charge is 0.412 e. The van der Waals surface area contributed by atoms with E-state index >= 15 is 0 Å². The summed E-state index contributed by atoms with van der Waals surface area (Å²) in [6, 6.07) is 1.63. The second kappa shape index (κ2) is 6.07. The Morgan fingerprint density at radius 2 is 2.11 bits per heavy atom. The van der Waals surface area contributed by atoms with Crippen molar-refractivity contribution in [2.24, 2.45) is 0 Å². The molecule has 1 aromatic rings. The molecule has 98 valence electrons. The molecule has 0 saturated carbocycles. The zero-order valence-corrected chi connectivity index (χ0v) is 11.8. The van der Waals surface area contributed by atoms with Crippen molar-refractivity contribution in [2.75, 3.05) is 5.32 Å². The Labute approximate surface area is 116 Å². The normalized spacial score (nSPS) is 10.7. The molecule has 1 aromatic heterocycles. The highest BCUT2D eigenvalue weighted by molar-refractivity contribution is 6.57. The number of amides is 1. The van der Waals surface area contributed by atoms with Gasteiger partial charge in [0.15, 0.2) is 0 Å². The molecule has 0 aliphatic carbocycles. The first-order valence-corrected chi connectivity index (χ1v) is 6.00. The average molecular weight is 289 g/mol. The van der Waals surface area contributed by atoms with Gasteiger partial charge in [0.1, 0.15) is 10.1 Å². The molecule has 0 radical (unpaired) electrons. The van der Waals surface area contributed by atoms with Crippen LogP contribution in [0.25, 0.3) is 6.08 Å². The first-order valence-electron chi connectivity index (χ1n) is 5.24. The van der Waals surface area contributed by atoms with E-state index < -0.39 is 11.7 Å². The quantitative estimate of drug-likeness (QED) is 0.887. The molecule has 1 heterocycles. The Bertz CT molecular complexity index is 463. The van der Waals surface area contributed by atoms with Gasteiger partial charge >= 0.3 is 6.09 Å². The molecule has 4 nitrogen and oxygen atoms in total. The van der Waals surface area contributed by atoms with Gasteiger partial charge in [-0.3, -0.25) is 10.3 Å². The molecule has 0 aromatic carbocycles. The number of pyridine rings is 1. The Morgan fingerprint density at radius 1 is 1.44 bits per heavy atom. The van der Waals surface area contributed by atoms with Gasteiger partial charge in [0.25, 0.3) is 0 Å². The van der Waals surface area contributed by atoms with Crippen LogP contribution in [0.4, 0.5) is 10.5 Å². The van der Waals surface area contributed by atoms with E-state index in [1.54, 1.807) is 33.0 Å². The van der Waals surface area contributed by atoms with E-state index in [2.05, 4.69) is 10.3 Å². The summed E-state index contributed by atoms with van der Waals surface area (Å²) in [7, 11) is 0. The van der Waals surface area contributed by atoms with Crippen molar-refractivity contribution in [1.29, 1.82) is 0 Å². The topological polar surface area (TPSA) is 51.2 Å². The fourth-order valence-electron chi connectivity index (χ4n) is 1.17. The van der Waals surface area contributed by atoms with Gasteiger partial charge in [-0.15, -0.1) is 0 Å². The van der Waals surface area contributed by atoms with Gasteiger partial charge in [0, 0.05) is 18.0 Å². The van der Waals surface area contributed by atoms with Crippen LogP contribution in [0.5, 0.6) is 0 Å². The van der Waals surface area contributed by atoms with Crippen LogP contribution in [0.15, 0.2) is 23.0 Å². The minimum Gasteiger partial charge on any atom is -0.444 e. The lowest BCUT2D eigenvalue weighted by molar-refractivity contribution is 0.0636. The molecule has 0 fully saturated rings. The summed E-state index contributed by atoms with van der Waals surface area (Å²) in [5.74, 6) is 0. The summed E-state index contributed by atoms with van der Waals surface area (Å²) in [4.78, 5) is 15.6. The SMILES string of the molecule is CC(C)(C)OC(=O)Nc1ccncc1C=C(Cl)Cl. The Hall–Kier alpha value is -1.26. The number of nitrogens with zero attached hydrogens (tertiary/aromatic N) is 1. The van der Waals surface area contributed by atoms with Gasteiger partial charge in [-0.05, 0) is 32.9 Å². The molecule has 0 aliphatic heterocycles. The number of hydrogen-bond acceptors (Lipinski definition) is 3. The highest BCUT2D eigenvalue weighted by Crippen LogP contribution is 2.21. The third kappa shape index (κ3) is 5.38. The first-order chi connectivity index (χ1) is 8.28. The monoisotopic (exact) mass is 288 g/mol. The van der Waals surface area contributed by atoms with Gasteiger partial charge in [0.2, 0.25) is 0 Å². The van der Waals surface area contributed by atoms with E-state index in [0.717, 1.165) is 0 Å². The zero-order chi connectivity index (χ0) is 13.8. The minimum atomic E-state index is -0.558. The number of rotatable bonds is 2. The second-order valence-corrected chi connectivity index (χ2v) is 5.53. The van der Waals surface area contributed by atoms with Crippen molar-refractivity contribution in [3.63, 3.8) is 0 Å². The number of hydrogen-bond donors (Lipinski definition) is 1. The van der Waals surface area contributed by atoms with E-state index in [4.69, 9.17) is 27.9 Å².